The molecule has 2 saturated heterocycles. The molecule has 3 aromatic rings. The van der Waals surface area contributed by atoms with Crippen molar-refractivity contribution in [1.82, 2.24) is 15.0 Å². The maximum absolute atomic E-state index is 13.2. The van der Waals surface area contributed by atoms with Crippen LogP contribution in [0.4, 0.5) is 0 Å². The van der Waals surface area contributed by atoms with Crippen molar-refractivity contribution in [1.29, 1.82) is 0 Å². The van der Waals surface area contributed by atoms with Gasteiger partial charge in [-0.05, 0) is 31.9 Å². The maximum Gasteiger partial charge on any atom is 0.289 e. The summed E-state index contributed by atoms with van der Waals surface area (Å²) in [5.74, 6) is 1.40. The highest BCUT2D eigenvalue weighted by Crippen LogP contribution is 2.36. The summed E-state index contributed by atoms with van der Waals surface area (Å²) in [7, 11) is 0. The Morgan fingerprint density at radius 3 is 3.00 bits per heavy atom. The Bertz CT molecular complexity index is 930. The van der Waals surface area contributed by atoms with E-state index < -0.39 is 0 Å². The highest BCUT2D eigenvalue weighted by atomic mass is 16.5. The molecule has 0 radical (unpaired) electrons. The topological polar surface area (TPSA) is 81.6 Å². The van der Waals surface area contributed by atoms with Crippen LogP contribution < -0.4 is 0 Å². The number of rotatable bonds is 2. The lowest BCUT2D eigenvalue weighted by Crippen LogP contribution is -2.51. The number of nitrogens with zero attached hydrogens (tertiary/aromatic N) is 3. The lowest BCUT2D eigenvalue weighted by atomic mass is 9.89. The lowest BCUT2D eigenvalue weighted by Gasteiger charge is -2.39. The normalized spacial score (nSPS) is 25.6. The standard InChI is InChI=1S/C19H19N3O4/c1-11-20-18(26-21-11)13-9-16-14(6-7-24-16)22(10-13)19(23)17-8-12-4-2-3-5-15(12)25-17/h2-5,8,13-14,16H,6-7,9-10H2,1H3/t13-,14-,16-/m1/s1. The van der Waals surface area contributed by atoms with E-state index in [4.69, 9.17) is 13.7 Å². The molecule has 2 fully saturated rings. The monoisotopic (exact) mass is 353 g/mol. The molecule has 7 heteroatoms. The van der Waals surface area contributed by atoms with Gasteiger partial charge in [0.05, 0.1) is 18.1 Å². The molecule has 3 atom stereocenters. The van der Waals surface area contributed by atoms with Crippen molar-refractivity contribution >= 4 is 16.9 Å². The summed E-state index contributed by atoms with van der Waals surface area (Å²) in [6.07, 6.45) is 1.62. The van der Waals surface area contributed by atoms with E-state index in [0.29, 0.717) is 30.6 Å². The van der Waals surface area contributed by atoms with Gasteiger partial charge in [-0.1, -0.05) is 23.4 Å². The van der Waals surface area contributed by atoms with Crippen molar-refractivity contribution in [3.05, 3.63) is 47.8 Å². The Labute approximate surface area is 149 Å². The molecule has 0 N–H and O–H groups in total. The number of amides is 1. The van der Waals surface area contributed by atoms with E-state index in [1.165, 1.54) is 0 Å². The van der Waals surface area contributed by atoms with Crippen LogP contribution in [0.25, 0.3) is 11.0 Å². The molecule has 0 unspecified atom stereocenters. The number of ether oxygens (including phenoxy) is 1. The van der Waals surface area contributed by atoms with Gasteiger partial charge in [-0.25, -0.2) is 0 Å². The molecular weight excluding hydrogens is 334 g/mol. The summed E-state index contributed by atoms with van der Waals surface area (Å²) in [5.41, 5.74) is 0.719. The molecule has 7 nitrogen and oxygen atoms in total. The molecular formula is C19H19N3O4. The van der Waals surface area contributed by atoms with E-state index >= 15 is 0 Å². The summed E-state index contributed by atoms with van der Waals surface area (Å²) in [4.78, 5) is 19.4. The first-order valence-electron chi connectivity index (χ1n) is 8.90. The van der Waals surface area contributed by atoms with Crippen LogP contribution in [0.5, 0.6) is 0 Å². The molecule has 0 saturated carbocycles. The molecule has 2 aliphatic heterocycles. The number of hydrogen-bond donors (Lipinski definition) is 0. The van der Waals surface area contributed by atoms with Gasteiger partial charge in [0, 0.05) is 18.5 Å². The van der Waals surface area contributed by atoms with Gasteiger partial charge in [0.15, 0.2) is 11.6 Å². The summed E-state index contributed by atoms with van der Waals surface area (Å²) in [6.45, 7) is 2.99. The van der Waals surface area contributed by atoms with Crippen LogP contribution >= 0.6 is 0 Å². The fraction of sp³-hybridized carbons (Fsp3) is 0.421. The zero-order valence-corrected chi connectivity index (χ0v) is 14.4. The van der Waals surface area contributed by atoms with Gasteiger partial charge >= 0.3 is 0 Å². The van der Waals surface area contributed by atoms with Gasteiger partial charge in [-0.2, -0.15) is 4.98 Å². The molecule has 0 bridgehead atoms. The Balaban J connectivity index is 1.47. The Kier molecular flexibility index (Phi) is 3.56. The Hall–Kier alpha value is -2.67. The molecule has 1 amide bonds. The molecule has 0 spiro atoms. The number of benzene rings is 1. The van der Waals surface area contributed by atoms with Gasteiger partial charge in [0.25, 0.3) is 5.91 Å². The highest BCUT2D eigenvalue weighted by molar-refractivity contribution is 5.96. The predicted octanol–water partition coefficient (Wildman–Crippen LogP) is 2.91. The second kappa shape index (κ2) is 5.95. The Morgan fingerprint density at radius 1 is 1.31 bits per heavy atom. The van der Waals surface area contributed by atoms with Crippen LogP contribution in [0.15, 0.2) is 39.3 Å². The van der Waals surface area contributed by atoms with Crippen LogP contribution in [0.2, 0.25) is 0 Å². The molecule has 1 aromatic carbocycles. The van der Waals surface area contributed by atoms with Crippen molar-refractivity contribution in [2.75, 3.05) is 13.2 Å². The van der Waals surface area contributed by atoms with Crippen molar-refractivity contribution in [3.63, 3.8) is 0 Å². The number of furan rings is 1. The number of aryl methyl sites for hydroxylation is 1. The number of para-hydroxylation sites is 1. The molecule has 0 aliphatic carbocycles. The minimum Gasteiger partial charge on any atom is -0.451 e. The average Bonchev–Trinajstić information content (AvgIpc) is 3.38. The molecule has 134 valence electrons. The fourth-order valence-corrected chi connectivity index (χ4v) is 4.07. The molecule has 2 aromatic heterocycles. The number of carbonyl (C=O) groups is 1. The van der Waals surface area contributed by atoms with Crippen LogP contribution in [0.1, 0.15) is 41.0 Å². The largest absolute Gasteiger partial charge is 0.451 e. The molecule has 5 rings (SSSR count). The van der Waals surface area contributed by atoms with E-state index in [1.807, 2.05) is 35.2 Å². The quantitative estimate of drug-likeness (QED) is 0.705. The van der Waals surface area contributed by atoms with E-state index in [-0.39, 0.29) is 24.0 Å². The number of piperidine rings is 1. The number of hydrogen-bond acceptors (Lipinski definition) is 6. The first-order valence-corrected chi connectivity index (χ1v) is 8.90. The van der Waals surface area contributed by atoms with Gasteiger partial charge in [-0.15, -0.1) is 0 Å². The fourth-order valence-electron chi connectivity index (χ4n) is 4.07. The first-order chi connectivity index (χ1) is 12.7. The van der Waals surface area contributed by atoms with Crippen molar-refractivity contribution in [2.45, 2.75) is 37.8 Å². The number of aromatic nitrogens is 2. The van der Waals surface area contributed by atoms with Crippen molar-refractivity contribution in [3.8, 4) is 0 Å². The van der Waals surface area contributed by atoms with Crippen LogP contribution in [0, 0.1) is 6.92 Å². The van der Waals surface area contributed by atoms with Crippen molar-refractivity contribution < 1.29 is 18.5 Å². The first kappa shape index (κ1) is 15.6. The van der Waals surface area contributed by atoms with Gasteiger partial charge in [-0.3, -0.25) is 4.79 Å². The van der Waals surface area contributed by atoms with E-state index in [9.17, 15) is 4.79 Å². The SMILES string of the molecule is Cc1noc([C@@H]2C[C@H]3OCC[C@H]3N(C(=O)c3cc4ccccc4o3)C2)n1. The molecule has 2 aliphatic rings. The second-order valence-corrected chi connectivity index (χ2v) is 6.98. The summed E-state index contributed by atoms with van der Waals surface area (Å²) in [6, 6.07) is 9.52. The summed E-state index contributed by atoms with van der Waals surface area (Å²) < 4.78 is 17.0. The van der Waals surface area contributed by atoms with Gasteiger partial charge < -0.3 is 18.6 Å². The zero-order valence-electron chi connectivity index (χ0n) is 14.4. The second-order valence-electron chi connectivity index (χ2n) is 6.98. The zero-order chi connectivity index (χ0) is 17.7. The van der Waals surface area contributed by atoms with Crippen molar-refractivity contribution in [2.24, 2.45) is 0 Å². The highest BCUT2D eigenvalue weighted by Gasteiger charge is 2.44. The minimum absolute atomic E-state index is 0.00529. The number of fused-ring (bicyclic) bond motifs is 2. The summed E-state index contributed by atoms with van der Waals surface area (Å²) >= 11 is 0. The van der Waals surface area contributed by atoms with E-state index in [2.05, 4.69) is 10.1 Å². The maximum atomic E-state index is 13.2. The van der Waals surface area contributed by atoms with E-state index in [1.54, 1.807) is 6.92 Å². The minimum atomic E-state index is -0.109. The van der Waals surface area contributed by atoms with Crippen LogP contribution in [0.3, 0.4) is 0 Å². The number of carbonyl (C=O) groups excluding carboxylic acids is 1. The van der Waals surface area contributed by atoms with Crippen LogP contribution in [-0.2, 0) is 4.74 Å². The summed E-state index contributed by atoms with van der Waals surface area (Å²) in [5, 5.41) is 4.81. The lowest BCUT2D eigenvalue weighted by molar-refractivity contribution is 0.0110. The van der Waals surface area contributed by atoms with Gasteiger partial charge in [0.2, 0.25) is 5.89 Å². The van der Waals surface area contributed by atoms with Gasteiger partial charge in [0.1, 0.15) is 5.58 Å². The van der Waals surface area contributed by atoms with E-state index in [0.717, 1.165) is 23.8 Å². The van der Waals surface area contributed by atoms with Crippen LogP contribution in [-0.4, -0.2) is 46.2 Å². The third-order valence-corrected chi connectivity index (χ3v) is 5.30. The molecule has 4 heterocycles. The Morgan fingerprint density at radius 2 is 2.19 bits per heavy atom. The predicted molar refractivity (Wildman–Crippen MR) is 91.8 cm³/mol. The third kappa shape index (κ3) is 2.50. The smallest absolute Gasteiger partial charge is 0.289 e. The third-order valence-electron chi connectivity index (χ3n) is 5.30. The number of likely N-dealkylation sites (tertiary alicyclic amines) is 1. The molecule has 26 heavy (non-hydrogen) atoms. The average molecular weight is 353 g/mol.